The second-order valence-corrected chi connectivity index (χ2v) is 7.95. The van der Waals surface area contributed by atoms with Crippen LogP contribution >= 0.6 is 0 Å². The predicted molar refractivity (Wildman–Crippen MR) is 104 cm³/mol. The van der Waals surface area contributed by atoms with Gasteiger partial charge in [-0.3, -0.25) is 4.79 Å². The van der Waals surface area contributed by atoms with Crippen LogP contribution in [0.15, 0.2) is 30.9 Å². The molecule has 0 bridgehead atoms. The molecular weight excluding hydrogens is 326 g/mol. The Hall–Kier alpha value is -2.08. The number of carbonyl (C=O) groups excluding carboxylic acids is 1. The van der Waals surface area contributed by atoms with Crippen molar-refractivity contribution in [2.75, 3.05) is 56.0 Å². The molecular formula is C20H29N5O. The fourth-order valence-corrected chi connectivity index (χ4v) is 4.58. The highest BCUT2D eigenvalue weighted by Crippen LogP contribution is 2.49. The summed E-state index contributed by atoms with van der Waals surface area (Å²) in [5.74, 6) is 2.11. The molecule has 6 heteroatoms. The molecule has 0 unspecified atom stereocenters. The molecule has 4 rings (SSSR count). The first-order valence-electron chi connectivity index (χ1n) is 9.73. The third kappa shape index (κ3) is 3.30. The first-order valence-corrected chi connectivity index (χ1v) is 9.73. The van der Waals surface area contributed by atoms with Crippen LogP contribution in [0.1, 0.15) is 19.8 Å². The van der Waals surface area contributed by atoms with Gasteiger partial charge >= 0.3 is 0 Å². The predicted octanol–water partition coefficient (Wildman–Crippen LogP) is 1.81. The number of rotatable bonds is 5. The maximum absolute atomic E-state index is 11.6. The van der Waals surface area contributed by atoms with E-state index < -0.39 is 0 Å². The highest BCUT2D eigenvalue weighted by Gasteiger charge is 2.53. The second-order valence-electron chi connectivity index (χ2n) is 7.95. The molecule has 1 aromatic rings. The molecule has 1 aromatic heterocycles. The molecule has 1 aliphatic carbocycles. The van der Waals surface area contributed by atoms with E-state index in [1.807, 2.05) is 4.90 Å². The lowest BCUT2D eigenvalue weighted by Crippen LogP contribution is -2.65. The Kier molecular flexibility index (Phi) is 4.61. The maximum Gasteiger partial charge on any atom is 0.245 e. The number of aromatic nitrogens is 1. The molecule has 1 saturated carbocycles. The van der Waals surface area contributed by atoms with Gasteiger partial charge < -0.3 is 20.0 Å². The van der Waals surface area contributed by atoms with Gasteiger partial charge in [-0.15, -0.1) is 0 Å². The number of amides is 1. The number of anilines is 2. The van der Waals surface area contributed by atoms with Gasteiger partial charge in [0.05, 0.1) is 0 Å². The lowest BCUT2D eigenvalue weighted by molar-refractivity contribution is -0.144. The molecule has 1 N–H and O–H groups in total. The third-order valence-electron chi connectivity index (χ3n) is 6.13. The first-order chi connectivity index (χ1) is 12.6. The van der Waals surface area contributed by atoms with Crippen molar-refractivity contribution in [3.63, 3.8) is 0 Å². The average molecular weight is 355 g/mol. The summed E-state index contributed by atoms with van der Waals surface area (Å²) >= 11 is 0. The van der Waals surface area contributed by atoms with Gasteiger partial charge in [0.2, 0.25) is 5.91 Å². The SMILES string of the molecule is C=CC(=O)N1CC2(CC(Nc3cccc(N4CCN(CC)CC4)n3)C2)C1. The molecule has 0 aromatic carbocycles. The Morgan fingerprint density at radius 2 is 2.04 bits per heavy atom. The Bertz CT molecular complexity index is 669. The van der Waals surface area contributed by atoms with Gasteiger partial charge in [0.1, 0.15) is 11.6 Å². The zero-order valence-corrected chi connectivity index (χ0v) is 15.7. The number of piperazine rings is 1. The van der Waals surface area contributed by atoms with Crippen LogP contribution in [0.3, 0.4) is 0 Å². The summed E-state index contributed by atoms with van der Waals surface area (Å²) < 4.78 is 0. The van der Waals surface area contributed by atoms with Crippen LogP contribution in [0.25, 0.3) is 0 Å². The van der Waals surface area contributed by atoms with Crippen molar-refractivity contribution < 1.29 is 4.79 Å². The normalized spacial score (nSPS) is 22.7. The van der Waals surface area contributed by atoms with Crippen LogP contribution in [0.4, 0.5) is 11.6 Å². The lowest BCUT2D eigenvalue weighted by Gasteiger charge is -2.59. The van der Waals surface area contributed by atoms with Crippen molar-refractivity contribution in [1.82, 2.24) is 14.8 Å². The molecule has 0 radical (unpaired) electrons. The Labute approximate surface area is 155 Å². The average Bonchev–Trinajstić information content (AvgIpc) is 2.62. The second kappa shape index (κ2) is 6.91. The van der Waals surface area contributed by atoms with Gasteiger partial charge in [-0.25, -0.2) is 4.98 Å². The molecule has 6 nitrogen and oxygen atoms in total. The molecule has 26 heavy (non-hydrogen) atoms. The number of likely N-dealkylation sites (N-methyl/N-ethyl adjacent to an activating group) is 1. The molecule has 3 fully saturated rings. The number of nitrogens with one attached hydrogen (secondary N) is 1. The van der Waals surface area contributed by atoms with Crippen molar-refractivity contribution in [3.8, 4) is 0 Å². The standard InChI is InChI=1S/C20H29N5O/c1-3-19(26)25-14-20(15-25)12-16(13-20)21-17-6-5-7-18(22-17)24-10-8-23(4-2)9-11-24/h3,5-7,16H,1,4,8-15H2,2H3,(H,21,22). The number of hydrogen-bond acceptors (Lipinski definition) is 5. The number of hydrogen-bond donors (Lipinski definition) is 1. The molecule has 1 spiro atoms. The Morgan fingerprint density at radius 1 is 1.31 bits per heavy atom. The molecule has 2 aliphatic heterocycles. The highest BCUT2D eigenvalue weighted by molar-refractivity contribution is 5.87. The number of carbonyl (C=O) groups is 1. The smallest absolute Gasteiger partial charge is 0.245 e. The van der Waals surface area contributed by atoms with E-state index in [2.05, 4.69) is 46.8 Å². The summed E-state index contributed by atoms with van der Waals surface area (Å²) in [6.45, 7) is 13.0. The lowest BCUT2D eigenvalue weighted by atomic mass is 9.60. The minimum atomic E-state index is 0.0598. The largest absolute Gasteiger partial charge is 0.367 e. The zero-order valence-electron chi connectivity index (χ0n) is 15.7. The molecule has 1 amide bonds. The van der Waals surface area contributed by atoms with E-state index in [0.717, 1.165) is 70.3 Å². The van der Waals surface area contributed by atoms with Gasteiger partial charge in [0, 0.05) is 50.7 Å². The van der Waals surface area contributed by atoms with E-state index in [1.54, 1.807) is 0 Å². The summed E-state index contributed by atoms with van der Waals surface area (Å²) in [4.78, 5) is 23.2. The summed E-state index contributed by atoms with van der Waals surface area (Å²) in [5, 5.41) is 3.59. The Balaban J connectivity index is 1.28. The van der Waals surface area contributed by atoms with Gasteiger partial charge in [-0.1, -0.05) is 19.6 Å². The topological polar surface area (TPSA) is 51.7 Å². The first kappa shape index (κ1) is 17.3. The fourth-order valence-electron chi connectivity index (χ4n) is 4.58. The Morgan fingerprint density at radius 3 is 2.69 bits per heavy atom. The summed E-state index contributed by atoms with van der Waals surface area (Å²) in [7, 11) is 0. The molecule has 3 aliphatic rings. The molecule has 140 valence electrons. The van der Waals surface area contributed by atoms with Crippen LogP contribution in [-0.4, -0.2) is 72.5 Å². The summed E-state index contributed by atoms with van der Waals surface area (Å²) in [6, 6.07) is 6.74. The summed E-state index contributed by atoms with van der Waals surface area (Å²) in [5.41, 5.74) is 0.338. The van der Waals surface area contributed by atoms with Crippen molar-refractivity contribution in [2.45, 2.75) is 25.8 Å². The van der Waals surface area contributed by atoms with Crippen molar-refractivity contribution in [3.05, 3.63) is 30.9 Å². The van der Waals surface area contributed by atoms with E-state index in [0.29, 0.717) is 11.5 Å². The van der Waals surface area contributed by atoms with E-state index >= 15 is 0 Å². The number of nitrogens with zero attached hydrogens (tertiary/aromatic N) is 4. The van der Waals surface area contributed by atoms with Crippen molar-refractivity contribution in [2.24, 2.45) is 5.41 Å². The highest BCUT2D eigenvalue weighted by atomic mass is 16.2. The fraction of sp³-hybridized carbons (Fsp3) is 0.600. The van der Waals surface area contributed by atoms with Gasteiger partial charge in [0.15, 0.2) is 0 Å². The minimum absolute atomic E-state index is 0.0598. The quantitative estimate of drug-likeness (QED) is 0.817. The minimum Gasteiger partial charge on any atom is -0.367 e. The molecule has 0 atom stereocenters. The molecule has 2 saturated heterocycles. The van der Waals surface area contributed by atoms with Crippen molar-refractivity contribution >= 4 is 17.5 Å². The van der Waals surface area contributed by atoms with Crippen LogP contribution in [0.2, 0.25) is 0 Å². The van der Waals surface area contributed by atoms with Gasteiger partial charge in [0.25, 0.3) is 0 Å². The summed E-state index contributed by atoms with van der Waals surface area (Å²) in [6.07, 6.45) is 3.65. The van der Waals surface area contributed by atoms with Crippen LogP contribution < -0.4 is 10.2 Å². The zero-order chi connectivity index (χ0) is 18.1. The van der Waals surface area contributed by atoms with E-state index in [-0.39, 0.29) is 5.91 Å². The van der Waals surface area contributed by atoms with E-state index in [1.165, 1.54) is 6.08 Å². The maximum atomic E-state index is 11.6. The van der Waals surface area contributed by atoms with Gasteiger partial charge in [-0.2, -0.15) is 0 Å². The van der Waals surface area contributed by atoms with Gasteiger partial charge in [-0.05, 0) is 37.6 Å². The van der Waals surface area contributed by atoms with Crippen molar-refractivity contribution in [1.29, 1.82) is 0 Å². The van der Waals surface area contributed by atoms with Crippen LogP contribution in [0, 0.1) is 5.41 Å². The number of pyridine rings is 1. The monoisotopic (exact) mass is 355 g/mol. The van der Waals surface area contributed by atoms with E-state index in [9.17, 15) is 4.79 Å². The van der Waals surface area contributed by atoms with E-state index in [4.69, 9.17) is 4.98 Å². The third-order valence-corrected chi connectivity index (χ3v) is 6.13. The van der Waals surface area contributed by atoms with Crippen LogP contribution in [0.5, 0.6) is 0 Å². The van der Waals surface area contributed by atoms with Crippen LogP contribution in [-0.2, 0) is 4.79 Å². The molecule has 3 heterocycles. The number of likely N-dealkylation sites (tertiary alicyclic amines) is 1.